The van der Waals surface area contributed by atoms with E-state index in [-0.39, 0.29) is 50.4 Å². The maximum absolute atomic E-state index is 13.3. The van der Waals surface area contributed by atoms with E-state index < -0.39 is 29.0 Å². The van der Waals surface area contributed by atoms with E-state index in [1.54, 1.807) is 38.1 Å². The van der Waals surface area contributed by atoms with Crippen LogP contribution in [0.1, 0.15) is 19.4 Å². The highest BCUT2D eigenvalue weighted by atomic mass is 35.5. The number of alkyl halides is 3. The lowest BCUT2D eigenvalue weighted by molar-refractivity contribution is -0.123. The first kappa shape index (κ1) is 28.5. The molecule has 0 atom stereocenters. The Hall–Kier alpha value is -3.48. The van der Waals surface area contributed by atoms with Crippen molar-refractivity contribution in [2.75, 3.05) is 15.5 Å². The van der Waals surface area contributed by atoms with E-state index in [0.29, 0.717) is 5.56 Å². The standard InChI is InChI=1S/C25H20Cl2F3N5O3S/c1-24(2)21(36)35(15-6-8-16(9-7-15)39-25(28,29)30)23(38)34(24)13-14-10-11-31-19(12-14)32-22(37)33-20-17(26)4-3-5-18(20)27/h3-12H,13H2,1-2H3,(H2,31,32,33,37). The molecule has 1 saturated heterocycles. The van der Waals surface area contributed by atoms with Gasteiger partial charge in [0.15, 0.2) is 0 Å². The van der Waals surface area contributed by atoms with Crippen LogP contribution in [0.2, 0.25) is 10.0 Å². The molecule has 0 unspecified atom stereocenters. The van der Waals surface area contributed by atoms with Crippen LogP contribution >= 0.6 is 35.0 Å². The maximum Gasteiger partial charge on any atom is 0.446 e. The molecule has 14 heteroatoms. The van der Waals surface area contributed by atoms with Crippen LogP contribution in [-0.4, -0.2) is 38.9 Å². The fourth-order valence-electron chi connectivity index (χ4n) is 3.83. The minimum absolute atomic E-state index is 0.00869. The molecule has 0 radical (unpaired) electrons. The number of nitrogens with zero attached hydrogens (tertiary/aromatic N) is 3. The van der Waals surface area contributed by atoms with Crippen molar-refractivity contribution in [3.8, 4) is 0 Å². The number of para-hydroxylation sites is 1. The fourth-order valence-corrected chi connectivity index (χ4v) is 4.86. The summed E-state index contributed by atoms with van der Waals surface area (Å²) < 4.78 is 38.0. The largest absolute Gasteiger partial charge is 0.446 e. The average molecular weight is 598 g/mol. The van der Waals surface area contributed by atoms with Crippen molar-refractivity contribution in [3.63, 3.8) is 0 Å². The number of hydrogen-bond donors (Lipinski definition) is 2. The highest BCUT2D eigenvalue weighted by molar-refractivity contribution is 8.00. The number of benzene rings is 2. The van der Waals surface area contributed by atoms with Crippen LogP contribution in [0.3, 0.4) is 0 Å². The zero-order chi connectivity index (χ0) is 28.5. The van der Waals surface area contributed by atoms with Crippen LogP contribution in [0.25, 0.3) is 0 Å². The minimum Gasteiger partial charge on any atom is -0.305 e. The van der Waals surface area contributed by atoms with Crippen molar-refractivity contribution in [2.24, 2.45) is 0 Å². The molecule has 0 aliphatic carbocycles. The number of hydrogen-bond acceptors (Lipinski definition) is 5. The number of imide groups is 1. The first-order chi connectivity index (χ1) is 18.3. The van der Waals surface area contributed by atoms with Gasteiger partial charge in [-0.3, -0.25) is 10.1 Å². The second kappa shape index (κ2) is 10.9. The first-order valence-corrected chi connectivity index (χ1v) is 12.8. The lowest BCUT2D eigenvalue weighted by Gasteiger charge is -2.27. The normalized spacial score (nSPS) is 15.1. The number of halogens is 5. The summed E-state index contributed by atoms with van der Waals surface area (Å²) in [4.78, 5) is 45.3. The van der Waals surface area contributed by atoms with Gasteiger partial charge in [-0.15, -0.1) is 0 Å². The monoisotopic (exact) mass is 597 g/mol. The van der Waals surface area contributed by atoms with Gasteiger partial charge in [-0.05, 0) is 79.7 Å². The molecule has 2 aromatic carbocycles. The molecule has 0 spiro atoms. The smallest absolute Gasteiger partial charge is 0.305 e. The molecule has 8 nitrogen and oxygen atoms in total. The zero-order valence-electron chi connectivity index (χ0n) is 20.3. The van der Waals surface area contributed by atoms with Crippen LogP contribution in [0.5, 0.6) is 0 Å². The quantitative estimate of drug-likeness (QED) is 0.228. The second-order valence-corrected chi connectivity index (χ2v) is 10.8. The fraction of sp³-hybridized carbons (Fsp3) is 0.200. The molecule has 0 saturated carbocycles. The number of anilines is 3. The van der Waals surface area contributed by atoms with E-state index in [1.165, 1.54) is 41.4 Å². The molecule has 5 amide bonds. The Morgan fingerprint density at radius 3 is 2.28 bits per heavy atom. The van der Waals surface area contributed by atoms with Crippen molar-refractivity contribution < 1.29 is 27.6 Å². The van der Waals surface area contributed by atoms with Gasteiger partial charge in [0.25, 0.3) is 5.91 Å². The molecule has 3 aromatic rings. The van der Waals surface area contributed by atoms with Crippen molar-refractivity contribution in [3.05, 3.63) is 76.4 Å². The van der Waals surface area contributed by atoms with Crippen molar-refractivity contribution in [1.82, 2.24) is 9.88 Å². The van der Waals surface area contributed by atoms with Crippen LogP contribution in [0.4, 0.5) is 40.0 Å². The van der Waals surface area contributed by atoms with Gasteiger partial charge in [-0.1, -0.05) is 29.3 Å². The third-order valence-electron chi connectivity index (χ3n) is 5.76. The molecule has 1 fully saturated rings. The number of thioether (sulfide) groups is 1. The molecular weight excluding hydrogens is 578 g/mol. The molecule has 1 aliphatic heterocycles. The number of nitrogens with one attached hydrogen (secondary N) is 2. The Labute approximate surface area is 235 Å². The summed E-state index contributed by atoms with van der Waals surface area (Å²) in [6.45, 7) is 3.13. The van der Waals surface area contributed by atoms with E-state index in [4.69, 9.17) is 23.2 Å². The summed E-state index contributed by atoms with van der Waals surface area (Å²) in [5.74, 6) is -0.370. The number of amides is 5. The molecule has 4 rings (SSSR count). The zero-order valence-corrected chi connectivity index (χ0v) is 22.7. The Balaban J connectivity index is 1.49. The van der Waals surface area contributed by atoms with Gasteiger partial charge in [-0.2, -0.15) is 13.2 Å². The summed E-state index contributed by atoms with van der Waals surface area (Å²) in [7, 11) is 0. The minimum atomic E-state index is -4.46. The van der Waals surface area contributed by atoms with E-state index in [1.807, 2.05) is 0 Å². The topological polar surface area (TPSA) is 94.6 Å². The Morgan fingerprint density at radius 2 is 1.67 bits per heavy atom. The van der Waals surface area contributed by atoms with Crippen LogP contribution in [0.15, 0.2) is 65.7 Å². The predicted molar refractivity (Wildman–Crippen MR) is 144 cm³/mol. The van der Waals surface area contributed by atoms with Crippen LogP contribution < -0.4 is 15.5 Å². The SMILES string of the molecule is CC1(C)C(=O)N(c2ccc(SC(F)(F)F)cc2)C(=O)N1Cc1ccnc(NC(=O)Nc2c(Cl)cccc2Cl)c1. The van der Waals surface area contributed by atoms with E-state index in [9.17, 15) is 27.6 Å². The summed E-state index contributed by atoms with van der Waals surface area (Å²) in [6.07, 6.45) is 1.43. The van der Waals surface area contributed by atoms with Gasteiger partial charge >= 0.3 is 17.6 Å². The lowest BCUT2D eigenvalue weighted by Crippen LogP contribution is -2.43. The molecule has 1 aliphatic rings. The predicted octanol–water partition coefficient (Wildman–Crippen LogP) is 7.39. The van der Waals surface area contributed by atoms with Crippen LogP contribution in [0, 0.1) is 0 Å². The third-order valence-corrected chi connectivity index (χ3v) is 7.13. The van der Waals surface area contributed by atoms with Gasteiger partial charge in [-0.25, -0.2) is 19.5 Å². The third kappa shape index (κ3) is 6.40. The number of urea groups is 2. The number of carbonyl (C=O) groups excluding carboxylic acids is 3. The molecule has 2 heterocycles. The Bertz CT molecular complexity index is 1420. The van der Waals surface area contributed by atoms with E-state index >= 15 is 0 Å². The van der Waals surface area contributed by atoms with Gasteiger partial charge in [0.2, 0.25) is 0 Å². The summed E-state index contributed by atoms with van der Waals surface area (Å²) in [5.41, 5.74) is -4.78. The maximum atomic E-state index is 13.3. The molecule has 39 heavy (non-hydrogen) atoms. The molecule has 0 bridgehead atoms. The van der Waals surface area contributed by atoms with E-state index in [2.05, 4.69) is 15.6 Å². The van der Waals surface area contributed by atoms with Gasteiger partial charge in [0.05, 0.1) is 21.4 Å². The van der Waals surface area contributed by atoms with Crippen molar-refractivity contribution in [1.29, 1.82) is 0 Å². The van der Waals surface area contributed by atoms with E-state index in [0.717, 1.165) is 4.90 Å². The summed E-state index contributed by atoms with van der Waals surface area (Å²) in [5, 5.41) is 5.61. The number of aromatic nitrogens is 1. The van der Waals surface area contributed by atoms with Gasteiger partial charge in [0.1, 0.15) is 11.4 Å². The highest BCUT2D eigenvalue weighted by Gasteiger charge is 2.51. The van der Waals surface area contributed by atoms with Crippen LogP contribution in [-0.2, 0) is 11.3 Å². The molecular formula is C25H20Cl2F3N5O3S. The lowest BCUT2D eigenvalue weighted by atomic mass is 10.0. The molecule has 204 valence electrons. The summed E-state index contributed by atoms with van der Waals surface area (Å²) >= 11 is 11.9. The van der Waals surface area contributed by atoms with Crippen molar-refractivity contribution in [2.45, 2.75) is 36.3 Å². The highest BCUT2D eigenvalue weighted by Crippen LogP contribution is 2.39. The average Bonchev–Trinajstić information content (AvgIpc) is 3.01. The number of pyridine rings is 1. The second-order valence-electron chi connectivity index (χ2n) is 8.84. The number of rotatable bonds is 6. The Kier molecular flexibility index (Phi) is 8.01. The first-order valence-electron chi connectivity index (χ1n) is 11.2. The Morgan fingerprint density at radius 1 is 1.03 bits per heavy atom. The molecule has 1 aromatic heterocycles. The van der Waals surface area contributed by atoms with Gasteiger partial charge < -0.3 is 10.2 Å². The van der Waals surface area contributed by atoms with Crippen molar-refractivity contribution >= 4 is 70.1 Å². The van der Waals surface area contributed by atoms with Gasteiger partial charge in [0, 0.05) is 17.6 Å². The summed E-state index contributed by atoms with van der Waals surface area (Å²) in [6, 6.07) is 11.6. The molecule has 2 N–H and O–H groups in total. The number of carbonyl (C=O) groups is 3.